The number of rotatable bonds is 5. The van der Waals surface area contributed by atoms with Crippen LogP contribution in [0.3, 0.4) is 0 Å². The van der Waals surface area contributed by atoms with E-state index in [1.807, 2.05) is 18.2 Å². The Morgan fingerprint density at radius 3 is 2.50 bits per heavy atom. The van der Waals surface area contributed by atoms with Crippen LogP contribution >= 0.6 is 12.2 Å². The van der Waals surface area contributed by atoms with Crippen LogP contribution in [0.5, 0.6) is 11.5 Å². The number of nitrogens with zero attached hydrogens (tertiary/aromatic N) is 4. The largest absolute Gasteiger partial charge is 0.454 e. The van der Waals surface area contributed by atoms with Crippen LogP contribution in [0.25, 0.3) is 0 Å². The standard InChI is InChI=1S/C25H34N6O2S/c1-18-7-6-12-31(16-18)23-14-22(30-10-4-2-3-5-11-30)27-24(28-23)29-25(34)26-15-19-8-9-20-21(13-19)33-17-32-20/h8-9,13-14,18H,2-7,10-12,15-17H2,1H3,(H2,26,27,28,29,34)/t18-/m0/s1. The minimum atomic E-state index is 0.273. The van der Waals surface area contributed by atoms with E-state index in [1.165, 1.54) is 38.5 Å². The van der Waals surface area contributed by atoms with E-state index in [-0.39, 0.29) is 6.79 Å². The number of anilines is 3. The van der Waals surface area contributed by atoms with Gasteiger partial charge in [-0.2, -0.15) is 9.97 Å². The van der Waals surface area contributed by atoms with Crippen molar-refractivity contribution in [3.05, 3.63) is 29.8 Å². The van der Waals surface area contributed by atoms with Crippen LogP contribution in [-0.4, -0.2) is 48.1 Å². The summed E-state index contributed by atoms with van der Waals surface area (Å²) in [5.74, 6) is 4.76. The Kier molecular flexibility index (Phi) is 7.18. The first kappa shape index (κ1) is 23.0. The van der Waals surface area contributed by atoms with Crippen molar-refractivity contribution in [1.29, 1.82) is 0 Å². The third-order valence-corrected chi connectivity index (χ3v) is 6.97. The fourth-order valence-corrected chi connectivity index (χ4v) is 5.04. The monoisotopic (exact) mass is 482 g/mol. The van der Waals surface area contributed by atoms with Crippen LogP contribution < -0.4 is 29.9 Å². The van der Waals surface area contributed by atoms with Gasteiger partial charge in [0, 0.05) is 38.8 Å². The zero-order valence-corrected chi connectivity index (χ0v) is 20.7. The summed E-state index contributed by atoms with van der Waals surface area (Å²) in [5.41, 5.74) is 1.07. The van der Waals surface area contributed by atoms with E-state index >= 15 is 0 Å². The normalized spacial score (nSPS) is 20.1. The molecule has 0 spiro atoms. The number of hydrogen-bond acceptors (Lipinski definition) is 7. The van der Waals surface area contributed by atoms with Crippen molar-refractivity contribution in [2.75, 3.05) is 48.1 Å². The number of aromatic nitrogens is 2. The first-order chi connectivity index (χ1) is 16.6. The van der Waals surface area contributed by atoms with E-state index in [0.29, 0.717) is 23.5 Å². The number of nitrogens with one attached hydrogen (secondary N) is 2. The smallest absolute Gasteiger partial charge is 0.232 e. The summed E-state index contributed by atoms with van der Waals surface area (Å²) in [6.07, 6.45) is 7.47. The SMILES string of the molecule is C[C@H]1CCCN(c2cc(N3CCCCCC3)nc(NC(=S)NCc3ccc4c(c3)OCO4)n2)C1. The maximum absolute atomic E-state index is 5.59. The van der Waals surface area contributed by atoms with E-state index in [0.717, 1.165) is 54.9 Å². The van der Waals surface area contributed by atoms with Gasteiger partial charge in [-0.25, -0.2) is 0 Å². The Hall–Kier alpha value is -2.81. The van der Waals surface area contributed by atoms with E-state index in [9.17, 15) is 0 Å². The molecule has 3 aliphatic heterocycles. The summed E-state index contributed by atoms with van der Waals surface area (Å²) in [4.78, 5) is 14.5. The van der Waals surface area contributed by atoms with Gasteiger partial charge in [-0.3, -0.25) is 0 Å². The molecule has 1 atom stereocenters. The molecule has 1 aromatic heterocycles. The van der Waals surface area contributed by atoms with E-state index < -0.39 is 0 Å². The van der Waals surface area contributed by atoms with Crippen LogP contribution in [0.4, 0.5) is 17.6 Å². The van der Waals surface area contributed by atoms with Crippen molar-refractivity contribution >= 4 is 34.9 Å². The van der Waals surface area contributed by atoms with Gasteiger partial charge < -0.3 is 29.9 Å². The molecule has 34 heavy (non-hydrogen) atoms. The molecule has 0 saturated carbocycles. The second-order valence-electron chi connectivity index (χ2n) is 9.50. The predicted octanol–water partition coefficient (Wildman–Crippen LogP) is 4.31. The second-order valence-corrected chi connectivity index (χ2v) is 9.91. The number of hydrogen-bond donors (Lipinski definition) is 2. The van der Waals surface area contributed by atoms with Crippen molar-refractivity contribution in [2.45, 2.75) is 52.0 Å². The Morgan fingerprint density at radius 2 is 1.71 bits per heavy atom. The minimum absolute atomic E-state index is 0.273. The van der Waals surface area contributed by atoms with Crippen molar-refractivity contribution in [1.82, 2.24) is 15.3 Å². The summed E-state index contributed by atoms with van der Waals surface area (Å²) in [6, 6.07) is 8.08. The van der Waals surface area contributed by atoms with Crippen molar-refractivity contribution < 1.29 is 9.47 Å². The molecule has 1 aromatic carbocycles. The number of ether oxygens (including phenoxy) is 2. The second kappa shape index (κ2) is 10.6. The molecular formula is C25H34N6O2S. The van der Waals surface area contributed by atoms with Gasteiger partial charge in [-0.05, 0) is 61.5 Å². The van der Waals surface area contributed by atoms with Crippen molar-refractivity contribution in [3.8, 4) is 11.5 Å². The fourth-order valence-electron chi connectivity index (χ4n) is 4.88. The lowest BCUT2D eigenvalue weighted by molar-refractivity contribution is 0.174. The average Bonchev–Trinajstić information content (AvgIpc) is 3.14. The van der Waals surface area contributed by atoms with Crippen LogP contribution in [-0.2, 0) is 6.54 Å². The van der Waals surface area contributed by atoms with Gasteiger partial charge in [0.25, 0.3) is 0 Å². The number of fused-ring (bicyclic) bond motifs is 1. The lowest BCUT2D eigenvalue weighted by Crippen LogP contribution is -2.36. The summed E-state index contributed by atoms with van der Waals surface area (Å²) in [6.45, 7) is 7.31. The molecular weight excluding hydrogens is 448 g/mol. The third-order valence-electron chi connectivity index (χ3n) is 6.73. The van der Waals surface area contributed by atoms with Crippen LogP contribution in [0.15, 0.2) is 24.3 Å². The molecule has 2 N–H and O–H groups in total. The van der Waals surface area contributed by atoms with Gasteiger partial charge in [0.1, 0.15) is 11.6 Å². The molecule has 0 radical (unpaired) electrons. The summed E-state index contributed by atoms with van der Waals surface area (Å²) in [7, 11) is 0. The molecule has 0 aliphatic carbocycles. The molecule has 5 rings (SSSR count). The lowest BCUT2D eigenvalue weighted by Gasteiger charge is -2.33. The van der Waals surface area contributed by atoms with E-state index in [1.54, 1.807) is 0 Å². The quantitative estimate of drug-likeness (QED) is 0.607. The molecule has 2 aromatic rings. The number of benzene rings is 1. The van der Waals surface area contributed by atoms with Crippen LogP contribution in [0.1, 0.15) is 51.0 Å². The van der Waals surface area contributed by atoms with Gasteiger partial charge in [-0.15, -0.1) is 0 Å². The molecule has 2 saturated heterocycles. The molecule has 9 heteroatoms. The first-order valence-electron chi connectivity index (χ1n) is 12.5. The molecule has 0 amide bonds. The summed E-state index contributed by atoms with van der Waals surface area (Å²) < 4.78 is 10.9. The highest BCUT2D eigenvalue weighted by Gasteiger charge is 2.21. The minimum Gasteiger partial charge on any atom is -0.454 e. The molecule has 8 nitrogen and oxygen atoms in total. The lowest BCUT2D eigenvalue weighted by atomic mass is 10.0. The zero-order chi connectivity index (χ0) is 23.3. The number of thiocarbonyl (C=S) groups is 1. The molecule has 0 unspecified atom stereocenters. The van der Waals surface area contributed by atoms with E-state index in [2.05, 4.69) is 33.4 Å². The summed E-state index contributed by atoms with van der Waals surface area (Å²) in [5, 5.41) is 7.01. The van der Waals surface area contributed by atoms with Gasteiger partial charge in [0.05, 0.1) is 0 Å². The average molecular weight is 483 g/mol. The molecule has 3 aliphatic rings. The van der Waals surface area contributed by atoms with Crippen LogP contribution in [0.2, 0.25) is 0 Å². The topological polar surface area (TPSA) is 74.8 Å². The van der Waals surface area contributed by atoms with Crippen LogP contribution in [0, 0.1) is 5.92 Å². The Balaban J connectivity index is 1.30. The predicted molar refractivity (Wildman–Crippen MR) is 139 cm³/mol. The van der Waals surface area contributed by atoms with Gasteiger partial charge in [-0.1, -0.05) is 25.8 Å². The first-order valence-corrected chi connectivity index (χ1v) is 12.9. The zero-order valence-electron chi connectivity index (χ0n) is 19.9. The maximum Gasteiger partial charge on any atom is 0.232 e. The molecule has 2 fully saturated rings. The van der Waals surface area contributed by atoms with Crippen molar-refractivity contribution in [3.63, 3.8) is 0 Å². The van der Waals surface area contributed by atoms with Gasteiger partial charge in [0.15, 0.2) is 16.6 Å². The highest BCUT2D eigenvalue weighted by Crippen LogP contribution is 2.32. The summed E-state index contributed by atoms with van der Waals surface area (Å²) >= 11 is 5.59. The van der Waals surface area contributed by atoms with Gasteiger partial charge in [0.2, 0.25) is 12.7 Å². The Bertz CT molecular complexity index is 991. The highest BCUT2D eigenvalue weighted by molar-refractivity contribution is 7.80. The van der Waals surface area contributed by atoms with Gasteiger partial charge >= 0.3 is 0 Å². The Morgan fingerprint density at radius 1 is 0.971 bits per heavy atom. The molecule has 182 valence electrons. The molecule has 4 heterocycles. The fraction of sp³-hybridized carbons (Fsp3) is 0.560. The third kappa shape index (κ3) is 5.63. The molecule has 0 bridgehead atoms. The highest BCUT2D eigenvalue weighted by atomic mass is 32.1. The Labute approximate surface area is 207 Å². The van der Waals surface area contributed by atoms with E-state index in [4.69, 9.17) is 31.7 Å². The van der Waals surface area contributed by atoms with Crippen molar-refractivity contribution in [2.24, 2.45) is 5.92 Å². The maximum atomic E-state index is 5.59. The number of piperidine rings is 1.